The highest BCUT2D eigenvalue weighted by Crippen LogP contribution is 2.35. The summed E-state index contributed by atoms with van der Waals surface area (Å²) in [5.41, 5.74) is 5.45. The Kier molecular flexibility index (Phi) is 7.44. The molecule has 0 aromatic carbocycles. The van der Waals surface area contributed by atoms with Crippen LogP contribution in [0.4, 0.5) is 0 Å². The summed E-state index contributed by atoms with van der Waals surface area (Å²) in [6, 6.07) is 0. The van der Waals surface area contributed by atoms with Crippen molar-refractivity contribution in [2.75, 3.05) is 6.54 Å². The summed E-state index contributed by atoms with van der Waals surface area (Å²) in [7, 11) is 0. The summed E-state index contributed by atoms with van der Waals surface area (Å²) in [6.07, 6.45) is 7.14. The van der Waals surface area contributed by atoms with Gasteiger partial charge in [-0.2, -0.15) is 0 Å². The van der Waals surface area contributed by atoms with Crippen molar-refractivity contribution in [2.45, 2.75) is 71.8 Å². The van der Waals surface area contributed by atoms with Crippen LogP contribution in [0, 0.1) is 17.8 Å². The molecule has 1 saturated carbocycles. The van der Waals surface area contributed by atoms with E-state index in [2.05, 4.69) is 20.8 Å². The Morgan fingerprint density at radius 3 is 2.63 bits per heavy atom. The third-order valence-electron chi connectivity index (χ3n) is 4.33. The molecule has 112 valence electrons. The molecule has 3 nitrogen and oxygen atoms in total. The van der Waals surface area contributed by atoms with Gasteiger partial charge in [0.25, 0.3) is 0 Å². The lowest BCUT2D eigenvalue weighted by molar-refractivity contribution is -0.156. The van der Waals surface area contributed by atoms with Gasteiger partial charge in [-0.15, -0.1) is 0 Å². The number of carbonyl (C=O) groups excluding carboxylic acids is 1. The Labute approximate surface area is 118 Å². The van der Waals surface area contributed by atoms with E-state index in [0.29, 0.717) is 30.7 Å². The molecular weight excluding hydrogens is 238 g/mol. The molecular formula is C16H31NO2. The Balaban J connectivity index is 2.36. The van der Waals surface area contributed by atoms with Gasteiger partial charge in [0.05, 0.1) is 0 Å². The third-order valence-corrected chi connectivity index (χ3v) is 4.33. The van der Waals surface area contributed by atoms with Crippen molar-refractivity contribution in [3.8, 4) is 0 Å². The maximum Gasteiger partial charge on any atom is 0.306 e. The molecule has 0 radical (unpaired) electrons. The largest absolute Gasteiger partial charge is 0.462 e. The van der Waals surface area contributed by atoms with Crippen LogP contribution in [-0.4, -0.2) is 18.6 Å². The molecule has 1 aliphatic carbocycles. The smallest absolute Gasteiger partial charge is 0.306 e. The van der Waals surface area contributed by atoms with Gasteiger partial charge in [-0.25, -0.2) is 0 Å². The summed E-state index contributed by atoms with van der Waals surface area (Å²) in [5.74, 6) is 1.82. The van der Waals surface area contributed by atoms with E-state index in [0.717, 1.165) is 25.7 Å². The van der Waals surface area contributed by atoms with Crippen LogP contribution in [0.2, 0.25) is 0 Å². The van der Waals surface area contributed by atoms with E-state index in [-0.39, 0.29) is 12.1 Å². The molecule has 0 aromatic heterocycles. The molecule has 0 heterocycles. The highest BCUT2D eigenvalue weighted by Gasteiger charge is 2.33. The van der Waals surface area contributed by atoms with Crippen molar-refractivity contribution < 1.29 is 9.53 Å². The minimum Gasteiger partial charge on any atom is -0.462 e. The standard InChI is InChI=1S/C16H31NO2/c1-12(2)14-9-8-13(3)11-15(14)19-16(18)7-5-4-6-10-17/h12-15H,4-11,17H2,1-3H3. The van der Waals surface area contributed by atoms with E-state index >= 15 is 0 Å². The molecule has 3 heteroatoms. The van der Waals surface area contributed by atoms with Crippen LogP contribution in [0.3, 0.4) is 0 Å². The van der Waals surface area contributed by atoms with Gasteiger partial charge in [-0.3, -0.25) is 4.79 Å². The lowest BCUT2D eigenvalue weighted by atomic mass is 9.75. The topological polar surface area (TPSA) is 52.3 Å². The number of rotatable bonds is 7. The van der Waals surface area contributed by atoms with Gasteiger partial charge >= 0.3 is 5.97 Å². The molecule has 0 aliphatic heterocycles. The number of nitrogens with two attached hydrogens (primary N) is 1. The van der Waals surface area contributed by atoms with Crippen molar-refractivity contribution in [3.63, 3.8) is 0 Å². The molecule has 1 fully saturated rings. The summed E-state index contributed by atoms with van der Waals surface area (Å²) in [6.45, 7) is 7.45. The average molecular weight is 269 g/mol. The first-order chi connectivity index (χ1) is 9.04. The monoisotopic (exact) mass is 269 g/mol. The minimum atomic E-state index is -0.0122. The first kappa shape index (κ1) is 16.5. The first-order valence-electron chi connectivity index (χ1n) is 7.94. The summed E-state index contributed by atoms with van der Waals surface area (Å²) >= 11 is 0. The van der Waals surface area contributed by atoms with Gasteiger partial charge in [0.1, 0.15) is 6.10 Å². The number of unbranched alkanes of at least 4 members (excludes halogenated alkanes) is 2. The van der Waals surface area contributed by atoms with Gasteiger partial charge in [0.15, 0.2) is 0 Å². The zero-order chi connectivity index (χ0) is 14.3. The molecule has 1 aliphatic rings. The zero-order valence-corrected chi connectivity index (χ0v) is 12.9. The molecule has 3 atom stereocenters. The highest BCUT2D eigenvalue weighted by atomic mass is 16.5. The molecule has 0 bridgehead atoms. The van der Waals surface area contributed by atoms with Gasteiger partial charge in [-0.05, 0) is 50.0 Å². The van der Waals surface area contributed by atoms with Gasteiger partial charge in [0.2, 0.25) is 0 Å². The lowest BCUT2D eigenvalue weighted by Crippen LogP contribution is -2.35. The fourth-order valence-electron chi connectivity index (χ4n) is 3.07. The predicted octanol–water partition coefficient (Wildman–Crippen LogP) is 3.51. The maximum absolute atomic E-state index is 11.9. The Morgan fingerprint density at radius 2 is 2.00 bits per heavy atom. The quantitative estimate of drug-likeness (QED) is 0.568. The van der Waals surface area contributed by atoms with Crippen LogP contribution in [0.15, 0.2) is 0 Å². The maximum atomic E-state index is 11.9. The SMILES string of the molecule is CC1CCC(C(C)C)C(OC(=O)CCCCCN)C1. The minimum absolute atomic E-state index is 0.0122. The second kappa shape index (κ2) is 8.57. The van der Waals surface area contributed by atoms with Crippen molar-refractivity contribution in [1.82, 2.24) is 0 Å². The fourth-order valence-corrected chi connectivity index (χ4v) is 3.07. The third kappa shape index (κ3) is 5.94. The zero-order valence-electron chi connectivity index (χ0n) is 12.9. The van der Waals surface area contributed by atoms with E-state index in [1.54, 1.807) is 0 Å². The second-order valence-electron chi connectivity index (χ2n) is 6.45. The van der Waals surface area contributed by atoms with Crippen LogP contribution < -0.4 is 5.73 Å². The number of hydrogen-bond acceptors (Lipinski definition) is 3. The Morgan fingerprint density at radius 1 is 1.26 bits per heavy atom. The molecule has 0 saturated heterocycles. The number of ether oxygens (including phenoxy) is 1. The summed E-state index contributed by atoms with van der Waals surface area (Å²) in [5, 5.41) is 0. The second-order valence-corrected chi connectivity index (χ2v) is 6.45. The predicted molar refractivity (Wildman–Crippen MR) is 78.7 cm³/mol. The number of carbonyl (C=O) groups is 1. The van der Waals surface area contributed by atoms with Crippen LogP contribution in [0.5, 0.6) is 0 Å². The normalized spacial score (nSPS) is 27.5. The van der Waals surface area contributed by atoms with Gasteiger partial charge in [-0.1, -0.05) is 33.6 Å². The fraction of sp³-hybridized carbons (Fsp3) is 0.938. The molecule has 0 amide bonds. The summed E-state index contributed by atoms with van der Waals surface area (Å²) < 4.78 is 5.75. The van der Waals surface area contributed by atoms with E-state index in [9.17, 15) is 4.79 Å². The molecule has 3 unspecified atom stereocenters. The first-order valence-corrected chi connectivity index (χ1v) is 7.94. The van der Waals surface area contributed by atoms with Crippen molar-refractivity contribution in [2.24, 2.45) is 23.5 Å². The Bertz CT molecular complexity index is 265. The van der Waals surface area contributed by atoms with Crippen molar-refractivity contribution in [3.05, 3.63) is 0 Å². The van der Waals surface area contributed by atoms with Crippen molar-refractivity contribution in [1.29, 1.82) is 0 Å². The lowest BCUT2D eigenvalue weighted by Gasteiger charge is -2.36. The highest BCUT2D eigenvalue weighted by molar-refractivity contribution is 5.69. The van der Waals surface area contributed by atoms with E-state index < -0.39 is 0 Å². The van der Waals surface area contributed by atoms with E-state index in [1.807, 2.05) is 0 Å². The molecule has 0 spiro atoms. The van der Waals surface area contributed by atoms with Crippen LogP contribution in [0.1, 0.15) is 65.7 Å². The van der Waals surface area contributed by atoms with Crippen molar-refractivity contribution >= 4 is 5.97 Å². The van der Waals surface area contributed by atoms with E-state index in [4.69, 9.17) is 10.5 Å². The van der Waals surface area contributed by atoms with Gasteiger partial charge < -0.3 is 10.5 Å². The van der Waals surface area contributed by atoms with Crippen LogP contribution >= 0.6 is 0 Å². The molecule has 1 rings (SSSR count). The molecule has 2 N–H and O–H groups in total. The average Bonchev–Trinajstić information content (AvgIpc) is 2.34. The molecule has 19 heavy (non-hydrogen) atoms. The van der Waals surface area contributed by atoms with Crippen LogP contribution in [-0.2, 0) is 9.53 Å². The molecule has 0 aromatic rings. The Hall–Kier alpha value is -0.570. The summed E-state index contributed by atoms with van der Waals surface area (Å²) in [4.78, 5) is 11.9. The van der Waals surface area contributed by atoms with E-state index in [1.165, 1.54) is 12.8 Å². The van der Waals surface area contributed by atoms with Crippen LogP contribution in [0.25, 0.3) is 0 Å². The van der Waals surface area contributed by atoms with Gasteiger partial charge in [0, 0.05) is 6.42 Å². The number of esters is 1. The number of hydrogen-bond donors (Lipinski definition) is 1.